The summed E-state index contributed by atoms with van der Waals surface area (Å²) in [6.07, 6.45) is -4.77. The lowest BCUT2D eigenvalue weighted by Crippen LogP contribution is -2.38. The van der Waals surface area contributed by atoms with Gasteiger partial charge < -0.3 is 11.1 Å². The van der Waals surface area contributed by atoms with E-state index in [-0.39, 0.29) is 12.0 Å². The Bertz CT molecular complexity index is 730. The molecule has 0 aliphatic rings. The smallest absolute Gasteiger partial charge is 0.368 e. The Hall–Kier alpha value is -2.83. The van der Waals surface area contributed by atoms with E-state index in [9.17, 15) is 22.8 Å². The predicted molar refractivity (Wildman–Crippen MR) is 81.7 cm³/mol. The lowest BCUT2D eigenvalue weighted by Gasteiger charge is -2.16. The standard InChI is InChI=1S/C17H15F3N2O2/c18-17(19,20)13-8-4-5-11(9-13)10-14(23)22-15(16(21)24)12-6-2-1-3-7-12/h1-9,15H,10H2,(H2,21,24)(H,22,23). The molecule has 24 heavy (non-hydrogen) atoms. The third-order valence-electron chi connectivity index (χ3n) is 3.34. The van der Waals surface area contributed by atoms with E-state index in [2.05, 4.69) is 5.32 Å². The average Bonchev–Trinajstić information content (AvgIpc) is 2.52. The van der Waals surface area contributed by atoms with Crippen LogP contribution in [0.15, 0.2) is 54.6 Å². The van der Waals surface area contributed by atoms with Crippen molar-refractivity contribution >= 4 is 11.8 Å². The van der Waals surface area contributed by atoms with Crippen molar-refractivity contribution < 1.29 is 22.8 Å². The summed E-state index contributed by atoms with van der Waals surface area (Å²) < 4.78 is 38.0. The molecule has 0 bridgehead atoms. The van der Waals surface area contributed by atoms with Gasteiger partial charge in [-0.3, -0.25) is 9.59 Å². The molecule has 2 amide bonds. The fraction of sp³-hybridized carbons (Fsp3) is 0.176. The van der Waals surface area contributed by atoms with Crippen molar-refractivity contribution in [2.24, 2.45) is 5.73 Å². The number of halogens is 3. The number of benzene rings is 2. The molecule has 4 nitrogen and oxygen atoms in total. The molecule has 2 aromatic carbocycles. The third-order valence-corrected chi connectivity index (χ3v) is 3.34. The molecule has 0 saturated heterocycles. The zero-order chi connectivity index (χ0) is 17.7. The summed E-state index contributed by atoms with van der Waals surface area (Å²) in [5.41, 5.74) is 5.15. The van der Waals surface area contributed by atoms with Crippen molar-refractivity contribution in [3.63, 3.8) is 0 Å². The monoisotopic (exact) mass is 336 g/mol. The number of hydrogen-bond donors (Lipinski definition) is 2. The molecule has 7 heteroatoms. The summed E-state index contributed by atoms with van der Waals surface area (Å²) in [6.45, 7) is 0. The van der Waals surface area contributed by atoms with Crippen LogP contribution >= 0.6 is 0 Å². The highest BCUT2D eigenvalue weighted by Gasteiger charge is 2.30. The molecule has 0 fully saturated rings. The Balaban J connectivity index is 2.11. The summed E-state index contributed by atoms with van der Waals surface area (Å²) in [5, 5.41) is 2.44. The highest BCUT2D eigenvalue weighted by atomic mass is 19.4. The number of nitrogens with one attached hydrogen (secondary N) is 1. The molecule has 0 spiro atoms. The van der Waals surface area contributed by atoms with E-state index < -0.39 is 29.6 Å². The number of primary amides is 1. The molecule has 1 atom stereocenters. The molecule has 0 aliphatic heterocycles. The normalized spacial score (nSPS) is 12.5. The molecule has 2 aromatic rings. The van der Waals surface area contributed by atoms with E-state index in [1.165, 1.54) is 12.1 Å². The summed E-state index contributed by atoms with van der Waals surface area (Å²) in [4.78, 5) is 23.6. The quantitative estimate of drug-likeness (QED) is 0.881. The Morgan fingerprint density at radius 3 is 2.29 bits per heavy atom. The van der Waals surface area contributed by atoms with Crippen molar-refractivity contribution in [2.45, 2.75) is 18.6 Å². The maximum Gasteiger partial charge on any atom is 0.416 e. The minimum atomic E-state index is -4.48. The van der Waals surface area contributed by atoms with Gasteiger partial charge in [0.25, 0.3) is 0 Å². The summed E-state index contributed by atoms with van der Waals surface area (Å²) in [7, 11) is 0. The lowest BCUT2D eigenvalue weighted by atomic mass is 10.0. The van der Waals surface area contributed by atoms with Crippen LogP contribution in [-0.2, 0) is 22.2 Å². The minimum Gasteiger partial charge on any atom is -0.368 e. The first-order valence-corrected chi connectivity index (χ1v) is 7.07. The maximum absolute atomic E-state index is 12.7. The topological polar surface area (TPSA) is 72.2 Å². The Labute approximate surface area is 136 Å². The molecule has 0 heterocycles. The van der Waals surface area contributed by atoms with Crippen LogP contribution in [0, 0.1) is 0 Å². The van der Waals surface area contributed by atoms with E-state index in [1.807, 2.05) is 0 Å². The minimum absolute atomic E-state index is 0.193. The number of carbonyl (C=O) groups excluding carboxylic acids is 2. The Kier molecular flexibility index (Phi) is 5.23. The summed E-state index contributed by atoms with van der Waals surface area (Å²) in [5.74, 6) is -1.35. The van der Waals surface area contributed by atoms with Crippen LogP contribution in [0.3, 0.4) is 0 Å². The SMILES string of the molecule is NC(=O)C(NC(=O)Cc1cccc(C(F)(F)F)c1)c1ccccc1. The fourth-order valence-electron chi connectivity index (χ4n) is 2.22. The number of nitrogens with two attached hydrogens (primary N) is 1. The maximum atomic E-state index is 12.7. The molecule has 0 aliphatic carbocycles. The van der Waals surface area contributed by atoms with Crippen molar-refractivity contribution in [2.75, 3.05) is 0 Å². The number of carbonyl (C=O) groups is 2. The van der Waals surface area contributed by atoms with Gasteiger partial charge in [0.05, 0.1) is 12.0 Å². The molecule has 1 unspecified atom stereocenters. The van der Waals surface area contributed by atoms with Gasteiger partial charge in [0.1, 0.15) is 6.04 Å². The second-order valence-electron chi connectivity index (χ2n) is 5.19. The molecule has 3 N–H and O–H groups in total. The van der Waals surface area contributed by atoms with Gasteiger partial charge >= 0.3 is 6.18 Å². The predicted octanol–water partition coefficient (Wildman–Crippen LogP) is 2.59. The Morgan fingerprint density at radius 1 is 1.04 bits per heavy atom. The largest absolute Gasteiger partial charge is 0.416 e. The van der Waals surface area contributed by atoms with Gasteiger partial charge in [-0.15, -0.1) is 0 Å². The Morgan fingerprint density at radius 2 is 1.71 bits per heavy atom. The molecular weight excluding hydrogens is 321 g/mol. The van der Waals surface area contributed by atoms with E-state index in [1.54, 1.807) is 30.3 Å². The zero-order valence-electron chi connectivity index (χ0n) is 12.5. The van der Waals surface area contributed by atoms with Gasteiger partial charge in [0, 0.05) is 0 Å². The van der Waals surface area contributed by atoms with E-state index in [0.717, 1.165) is 12.1 Å². The van der Waals surface area contributed by atoms with Crippen molar-refractivity contribution in [3.8, 4) is 0 Å². The second kappa shape index (κ2) is 7.16. The number of hydrogen-bond acceptors (Lipinski definition) is 2. The zero-order valence-corrected chi connectivity index (χ0v) is 12.5. The fourth-order valence-corrected chi connectivity index (χ4v) is 2.22. The van der Waals surface area contributed by atoms with Crippen molar-refractivity contribution in [1.82, 2.24) is 5.32 Å². The highest BCUT2D eigenvalue weighted by molar-refractivity contribution is 5.88. The average molecular weight is 336 g/mol. The molecule has 0 saturated carbocycles. The van der Waals surface area contributed by atoms with Crippen molar-refractivity contribution in [1.29, 1.82) is 0 Å². The van der Waals surface area contributed by atoms with Gasteiger partial charge in [-0.2, -0.15) is 13.2 Å². The van der Waals surface area contributed by atoms with Crippen molar-refractivity contribution in [3.05, 3.63) is 71.3 Å². The van der Waals surface area contributed by atoms with Crippen LogP contribution in [0.2, 0.25) is 0 Å². The third kappa shape index (κ3) is 4.58. The molecule has 0 aromatic heterocycles. The molecule has 126 valence electrons. The highest BCUT2D eigenvalue weighted by Crippen LogP contribution is 2.29. The first kappa shape index (κ1) is 17.5. The summed E-state index contributed by atoms with van der Waals surface area (Å²) >= 11 is 0. The van der Waals surface area contributed by atoms with Gasteiger partial charge in [-0.25, -0.2) is 0 Å². The molecule has 0 radical (unpaired) electrons. The number of amides is 2. The summed E-state index contributed by atoms with van der Waals surface area (Å²) in [6, 6.07) is 11.8. The van der Waals surface area contributed by atoms with Gasteiger partial charge in [-0.05, 0) is 17.2 Å². The van der Waals surface area contributed by atoms with Gasteiger partial charge in [0.15, 0.2) is 0 Å². The van der Waals surface area contributed by atoms with Crippen LogP contribution in [0.1, 0.15) is 22.7 Å². The van der Waals surface area contributed by atoms with Crippen LogP contribution in [0.5, 0.6) is 0 Å². The van der Waals surface area contributed by atoms with E-state index in [4.69, 9.17) is 5.73 Å². The van der Waals surface area contributed by atoms with Crippen LogP contribution < -0.4 is 11.1 Å². The first-order valence-electron chi connectivity index (χ1n) is 7.07. The lowest BCUT2D eigenvalue weighted by molar-refractivity contribution is -0.137. The van der Waals surface area contributed by atoms with Gasteiger partial charge in [0.2, 0.25) is 11.8 Å². The van der Waals surface area contributed by atoms with Gasteiger partial charge in [-0.1, -0.05) is 48.5 Å². The molecular formula is C17H15F3N2O2. The first-order chi connectivity index (χ1) is 11.3. The second-order valence-corrected chi connectivity index (χ2v) is 5.19. The van der Waals surface area contributed by atoms with E-state index >= 15 is 0 Å². The number of rotatable bonds is 5. The van der Waals surface area contributed by atoms with E-state index in [0.29, 0.717) is 5.56 Å². The molecule has 2 rings (SSSR count). The number of alkyl halides is 3. The van der Waals surface area contributed by atoms with Crippen LogP contribution in [0.25, 0.3) is 0 Å². The van der Waals surface area contributed by atoms with Crippen LogP contribution in [-0.4, -0.2) is 11.8 Å². The van der Waals surface area contributed by atoms with Crippen LogP contribution in [0.4, 0.5) is 13.2 Å².